The number of ether oxygens (including phenoxy) is 1. The second kappa shape index (κ2) is 9.95. The average molecular weight is 439 g/mol. The van der Waals surface area contributed by atoms with Gasteiger partial charge in [-0.05, 0) is 50.2 Å². The minimum absolute atomic E-state index is 0.0223. The number of nitrogens with one attached hydrogen (secondary N) is 1. The zero-order chi connectivity index (χ0) is 22.4. The Morgan fingerprint density at radius 3 is 2.58 bits per heavy atom. The van der Waals surface area contributed by atoms with Gasteiger partial charge in [0.25, 0.3) is 5.91 Å². The van der Waals surface area contributed by atoms with Crippen LogP contribution in [0.5, 0.6) is 0 Å². The van der Waals surface area contributed by atoms with Gasteiger partial charge in [-0.3, -0.25) is 14.6 Å². The number of halogens is 1. The van der Waals surface area contributed by atoms with Crippen molar-refractivity contribution in [1.82, 2.24) is 9.88 Å². The Morgan fingerprint density at radius 2 is 1.87 bits per heavy atom. The van der Waals surface area contributed by atoms with Crippen molar-refractivity contribution in [3.05, 3.63) is 77.2 Å². The van der Waals surface area contributed by atoms with Gasteiger partial charge >= 0.3 is 5.97 Å². The number of carbonyl (C=O) groups excluding carboxylic acids is 2. The fourth-order valence-corrected chi connectivity index (χ4v) is 3.22. The van der Waals surface area contributed by atoms with Crippen LogP contribution >= 0.6 is 11.6 Å². The molecule has 0 aliphatic carbocycles. The Balaban J connectivity index is 1.58. The van der Waals surface area contributed by atoms with E-state index < -0.39 is 18.5 Å². The normalized spacial score (nSPS) is 12.4. The summed E-state index contributed by atoms with van der Waals surface area (Å²) in [6.45, 7) is 2.95. The smallest absolute Gasteiger partial charge is 0.326 e. The average Bonchev–Trinajstić information content (AvgIpc) is 3.12. The molecule has 3 N–H and O–H groups in total. The Hall–Kier alpha value is -3.58. The van der Waals surface area contributed by atoms with Crippen LogP contribution in [-0.2, 0) is 20.9 Å². The minimum Gasteiger partial charge on any atom is -0.454 e. The van der Waals surface area contributed by atoms with E-state index in [1.165, 1.54) is 0 Å². The van der Waals surface area contributed by atoms with Crippen LogP contribution in [0, 0.1) is 0 Å². The molecule has 160 valence electrons. The third kappa shape index (κ3) is 5.96. The Bertz CT molecular complexity index is 1160. The van der Waals surface area contributed by atoms with Crippen molar-refractivity contribution in [3.8, 4) is 0 Å². The summed E-state index contributed by atoms with van der Waals surface area (Å²) >= 11 is 5.98. The molecule has 31 heavy (non-hydrogen) atoms. The van der Waals surface area contributed by atoms with Crippen LogP contribution in [0.2, 0.25) is 5.02 Å². The minimum atomic E-state index is -0.535. The van der Waals surface area contributed by atoms with E-state index in [1.807, 2.05) is 48.5 Å². The fraction of sp³-hybridized carbons (Fsp3) is 0.174. The molecule has 2 aromatic carbocycles. The van der Waals surface area contributed by atoms with Crippen molar-refractivity contribution in [2.75, 3.05) is 6.61 Å². The van der Waals surface area contributed by atoms with E-state index in [1.54, 1.807) is 30.7 Å². The number of amides is 1. The first-order valence-electron chi connectivity index (χ1n) is 9.60. The maximum atomic E-state index is 12.3. The van der Waals surface area contributed by atoms with Crippen LogP contribution in [0.15, 0.2) is 77.2 Å². The van der Waals surface area contributed by atoms with Crippen LogP contribution in [-0.4, -0.2) is 28.8 Å². The number of carbonyl (C=O) groups is 2. The molecule has 0 aliphatic heterocycles. The largest absolute Gasteiger partial charge is 0.454 e. The molecule has 1 heterocycles. The summed E-state index contributed by atoms with van der Waals surface area (Å²) in [5.41, 5.74) is 8.83. The number of esters is 1. The number of rotatable bonds is 7. The number of allylic oxidation sites excluding steroid dienone is 2. The SMILES string of the molecule is CC(=Nc1ccccc1)C(NC(=O)COC(=O)Cn1ccc2cc(Cl)ccc21)=C(C)N. The molecule has 0 fully saturated rings. The number of fused-ring (bicyclic) bond motifs is 1. The third-order valence-electron chi connectivity index (χ3n) is 4.47. The number of aliphatic imine (C=N–C) groups is 1. The molecule has 7 nitrogen and oxygen atoms in total. The second-order valence-electron chi connectivity index (χ2n) is 6.95. The maximum absolute atomic E-state index is 12.3. The van der Waals surface area contributed by atoms with Gasteiger partial charge in [-0.2, -0.15) is 0 Å². The van der Waals surface area contributed by atoms with E-state index in [-0.39, 0.29) is 6.54 Å². The molecule has 0 saturated carbocycles. The maximum Gasteiger partial charge on any atom is 0.326 e. The Morgan fingerprint density at radius 1 is 1.13 bits per heavy atom. The number of hydrogen-bond acceptors (Lipinski definition) is 5. The lowest BCUT2D eigenvalue weighted by Gasteiger charge is -2.12. The number of benzene rings is 2. The predicted octanol–water partition coefficient (Wildman–Crippen LogP) is 3.94. The molecule has 0 saturated heterocycles. The van der Waals surface area contributed by atoms with Crippen LogP contribution in [0.25, 0.3) is 10.9 Å². The monoisotopic (exact) mass is 438 g/mol. The molecule has 3 rings (SSSR count). The van der Waals surface area contributed by atoms with E-state index in [2.05, 4.69) is 10.3 Å². The molecular formula is C23H23ClN4O3. The van der Waals surface area contributed by atoms with E-state index >= 15 is 0 Å². The van der Waals surface area contributed by atoms with Crippen LogP contribution in [0.4, 0.5) is 5.69 Å². The van der Waals surface area contributed by atoms with E-state index in [0.717, 1.165) is 16.6 Å². The topological polar surface area (TPSA) is 98.7 Å². The highest BCUT2D eigenvalue weighted by Crippen LogP contribution is 2.20. The second-order valence-corrected chi connectivity index (χ2v) is 7.38. The van der Waals surface area contributed by atoms with Gasteiger partial charge in [0.2, 0.25) is 0 Å². The summed E-state index contributed by atoms with van der Waals surface area (Å²) in [4.78, 5) is 29.0. The summed E-state index contributed by atoms with van der Waals surface area (Å²) < 4.78 is 6.86. The molecule has 0 radical (unpaired) electrons. The zero-order valence-corrected chi connectivity index (χ0v) is 18.0. The molecule has 0 atom stereocenters. The lowest BCUT2D eigenvalue weighted by Crippen LogP contribution is -2.33. The first-order valence-corrected chi connectivity index (χ1v) is 9.98. The fourth-order valence-electron chi connectivity index (χ4n) is 3.04. The zero-order valence-electron chi connectivity index (χ0n) is 17.3. The standard InChI is InChI=1S/C23H23ClN4O3/c1-15(25)23(16(2)26-19-6-4-3-5-7-19)27-21(29)14-31-22(30)13-28-11-10-17-12-18(24)8-9-20(17)28/h3-12H,13-14,25H2,1-2H3,(H,27,29). The van der Waals surface area contributed by atoms with E-state index in [9.17, 15) is 9.59 Å². The van der Waals surface area contributed by atoms with Crippen molar-refractivity contribution >= 4 is 45.8 Å². The highest BCUT2D eigenvalue weighted by atomic mass is 35.5. The third-order valence-corrected chi connectivity index (χ3v) is 4.71. The quantitative estimate of drug-likeness (QED) is 0.431. The van der Waals surface area contributed by atoms with E-state index in [0.29, 0.717) is 22.1 Å². The highest BCUT2D eigenvalue weighted by Gasteiger charge is 2.14. The molecule has 0 spiro atoms. The number of hydrogen-bond donors (Lipinski definition) is 2. The molecule has 0 unspecified atom stereocenters. The van der Waals surface area contributed by atoms with Gasteiger partial charge in [0, 0.05) is 27.8 Å². The summed E-state index contributed by atoms with van der Waals surface area (Å²) in [7, 11) is 0. The van der Waals surface area contributed by atoms with Crippen LogP contribution < -0.4 is 11.1 Å². The van der Waals surface area contributed by atoms with Gasteiger partial charge in [0.05, 0.1) is 17.1 Å². The van der Waals surface area contributed by atoms with Gasteiger partial charge < -0.3 is 20.4 Å². The molecular weight excluding hydrogens is 416 g/mol. The molecule has 0 aliphatic rings. The van der Waals surface area contributed by atoms with Gasteiger partial charge in [-0.1, -0.05) is 29.8 Å². The Kier molecular flexibility index (Phi) is 7.10. The van der Waals surface area contributed by atoms with Gasteiger partial charge in [0.1, 0.15) is 6.54 Å². The highest BCUT2D eigenvalue weighted by molar-refractivity contribution is 6.31. The summed E-state index contributed by atoms with van der Waals surface area (Å²) in [6.07, 6.45) is 1.77. The van der Waals surface area contributed by atoms with Crippen LogP contribution in [0.3, 0.4) is 0 Å². The molecule has 3 aromatic rings. The first kappa shape index (κ1) is 22.1. The van der Waals surface area contributed by atoms with Crippen molar-refractivity contribution in [1.29, 1.82) is 0 Å². The molecule has 8 heteroatoms. The van der Waals surface area contributed by atoms with Crippen molar-refractivity contribution < 1.29 is 14.3 Å². The van der Waals surface area contributed by atoms with Crippen LogP contribution in [0.1, 0.15) is 13.8 Å². The summed E-state index contributed by atoms with van der Waals surface area (Å²) in [5, 5.41) is 4.21. The Labute approximate surface area is 185 Å². The predicted molar refractivity (Wildman–Crippen MR) is 122 cm³/mol. The van der Waals surface area contributed by atoms with Gasteiger partial charge in [0.15, 0.2) is 6.61 Å². The van der Waals surface area contributed by atoms with Gasteiger partial charge in [-0.25, -0.2) is 0 Å². The number of nitrogens with two attached hydrogens (primary N) is 1. The number of para-hydroxylation sites is 1. The number of aromatic nitrogens is 1. The van der Waals surface area contributed by atoms with E-state index in [4.69, 9.17) is 22.1 Å². The first-order chi connectivity index (χ1) is 14.8. The summed E-state index contributed by atoms with van der Waals surface area (Å²) in [5.74, 6) is -1.04. The number of nitrogens with zero attached hydrogens (tertiary/aromatic N) is 2. The van der Waals surface area contributed by atoms with Gasteiger partial charge in [-0.15, -0.1) is 0 Å². The molecule has 1 aromatic heterocycles. The lowest BCUT2D eigenvalue weighted by molar-refractivity contribution is -0.148. The molecule has 0 bridgehead atoms. The van der Waals surface area contributed by atoms with Crippen molar-refractivity contribution in [3.63, 3.8) is 0 Å². The lowest BCUT2D eigenvalue weighted by atomic mass is 10.2. The van der Waals surface area contributed by atoms with Crippen molar-refractivity contribution in [2.45, 2.75) is 20.4 Å². The molecule has 1 amide bonds. The summed E-state index contributed by atoms with van der Waals surface area (Å²) in [6, 6.07) is 16.6. The van der Waals surface area contributed by atoms with Crippen molar-refractivity contribution in [2.24, 2.45) is 10.7 Å².